The van der Waals surface area contributed by atoms with Crippen molar-refractivity contribution in [3.8, 4) is 16.9 Å². The summed E-state index contributed by atoms with van der Waals surface area (Å²) in [7, 11) is 0. The molecule has 0 saturated carbocycles. The smallest absolute Gasteiger partial charge is 0.228 e. The van der Waals surface area contributed by atoms with Crippen LogP contribution in [0.25, 0.3) is 22.2 Å². The second-order valence-electron chi connectivity index (χ2n) is 10.0. The number of piperazine rings is 1. The molecule has 0 spiro atoms. The molecule has 2 aromatic heterocycles. The molecular weight excluding hydrogens is 500 g/mol. The molecule has 3 heterocycles. The van der Waals surface area contributed by atoms with Crippen LogP contribution in [0.5, 0.6) is 5.75 Å². The van der Waals surface area contributed by atoms with Crippen LogP contribution in [0.3, 0.4) is 0 Å². The van der Waals surface area contributed by atoms with Crippen molar-refractivity contribution < 1.29 is 9.90 Å². The molecule has 0 radical (unpaired) electrons. The van der Waals surface area contributed by atoms with Gasteiger partial charge >= 0.3 is 0 Å². The number of hydrogen-bond acceptors (Lipinski definition) is 7. The third-order valence-electron chi connectivity index (χ3n) is 7.16. The summed E-state index contributed by atoms with van der Waals surface area (Å²) >= 11 is 0. The maximum absolute atomic E-state index is 12.4. The molecule has 0 aliphatic carbocycles. The number of carbonyl (C=O) groups is 1. The van der Waals surface area contributed by atoms with E-state index in [4.69, 9.17) is 4.98 Å². The van der Waals surface area contributed by atoms with Gasteiger partial charge in [-0.2, -0.15) is 0 Å². The van der Waals surface area contributed by atoms with Crippen LogP contribution in [0.15, 0.2) is 97.5 Å². The van der Waals surface area contributed by atoms with Gasteiger partial charge in [0.2, 0.25) is 5.91 Å². The van der Waals surface area contributed by atoms with Crippen molar-refractivity contribution in [1.29, 1.82) is 0 Å². The number of aromatic nitrogens is 3. The first-order valence-electron chi connectivity index (χ1n) is 13.4. The predicted molar refractivity (Wildman–Crippen MR) is 157 cm³/mol. The van der Waals surface area contributed by atoms with E-state index in [0.717, 1.165) is 72.0 Å². The van der Waals surface area contributed by atoms with Crippen LogP contribution < -0.4 is 10.2 Å². The molecule has 0 bridgehead atoms. The lowest BCUT2D eigenvalue weighted by atomic mass is 10.0. The Balaban J connectivity index is 1.10. The molecule has 40 heavy (non-hydrogen) atoms. The van der Waals surface area contributed by atoms with Gasteiger partial charge < -0.3 is 15.3 Å². The van der Waals surface area contributed by atoms with Crippen molar-refractivity contribution in [3.05, 3.63) is 109 Å². The van der Waals surface area contributed by atoms with Crippen molar-refractivity contribution in [3.63, 3.8) is 0 Å². The first kappa shape index (κ1) is 25.5. The summed E-state index contributed by atoms with van der Waals surface area (Å²) in [4.78, 5) is 31.0. The highest BCUT2D eigenvalue weighted by atomic mass is 16.3. The quantitative estimate of drug-likeness (QED) is 0.309. The summed E-state index contributed by atoms with van der Waals surface area (Å²) in [6.45, 7) is 4.65. The number of hydrogen-bond donors (Lipinski definition) is 2. The van der Waals surface area contributed by atoms with E-state index in [0.29, 0.717) is 0 Å². The van der Waals surface area contributed by atoms with E-state index in [2.05, 4.69) is 37.2 Å². The van der Waals surface area contributed by atoms with Gasteiger partial charge in [-0.25, -0.2) is 4.98 Å². The third-order valence-corrected chi connectivity index (χ3v) is 7.16. The number of rotatable bonds is 7. The monoisotopic (exact) mass is 530 g/mol. The van der Waals surface area contributed by atoms with Crippen LogP contribution in [0.2, 0.25) is 0 Å². The van der Waals surface area contributed by atoms with Gasteiger partial charge in [0.25, 0.3) is 0 Å². The fourth-order valence-electron chi connectivity index (χ4n) is 4.97. The molecule has 1 fully saturated rings. The predicted octanol–water partition coefficient (Wildman–Crippen LogP) is 4.90. The molecule has 1 amide bonds. The molecule has 1 aliphatic rings. The summed E-state index contributed by atoms with van der Waals surface area (Å²) in [6, 6.07) is 24.7. The van der Waals surface area contributed by atoms with Gasteiger partial charge in [0.1, 0.15) is 11.6 Å². The van der Waals surface area contributed by atoms with Gasteiger partial charge in [-0.3, -0.25) is 19.7 Å². The number of amides is 1. The third kappa shape index (κ3) is 6.08. The van der Waals surface area contributed by atoms with Crippen LogP contribution in [0.4, 0.5) is 11.5 Å². The SMILES string of the molecule is O=C(Cc1ccc(O)cc1)Nc1ccc(-c2ccc3ncc(N4CCN(Cc5cccnc5)CC4)nc3c2)cc1. The van der Waals surface area contributed by atoms with E-state index < -0.39 is 0 Å². The summed E-state index contributed by atoms with van der Waals surface area (Å²) in [5.74, 6) is 0.980. The Morgan fingerprint density at radius 3 is 2.35 bits per heavy atom. The van der Waals surface area contributed by atoms with E-state index in [1.54, 1.807) is 24.3 Å². The van der Waals surface area contributed by atoms with Crippen LogP contribution in [0.1, 0.15) is 11.1 Å². The van der Waals surface area contributed by atoms with Gasteiger partial charge in [0.05, 0.1) is 23.7 Å². The second-order valence-corrected chi connectivity index (χ2v) is 10.0. The van der Waals surface area contributed by atoms with E-state index in [9.17, 15) is 9.90 Å². The highest BCUT2D eigenvalue weighted by molar-refractivity contribution is 5.92. The lowest BCUT2D eigenvalue weighted by Crippen LogP contribution is -2.46. The minimum Gasteiger partial charge on any atom is -0.508 e. The Morgan fingerprint density at radius 1 is 0.825 bits per heavy atom. The van der Waals surface area contributed by atoms with Crippen LogP contribution >= 0.6 is 0 Å². The van der Waals surface area contributed by atoms with Crippen molar-refractivity contribution in [1.82, 2.24) is 19.9 Å². The fourth-order valence-corrected chi connectivity index (χ4v) is 4.97. The number of aromatic hydroxyl groups is 1. The van der Waals surface area contributed by atoms with E-state index in [1.807, 2.05) is 61.1 Å². The Kier molecular flexibility index (Phi) is 7.32. The Morgan fingerprint density at radius 2 is 1.60 bits per heavy atom. The van der Waals surface area contributed by atoms with Gasteiger partial charge in [-0.1, -0.05) is 36.4 Å². The van der Waals surface area contributed by atoms with Crippen molar-refractivity contribution in [2.75, 3.05) is 36.4 Å². The lowest BCUT2D eigenvalue weighted by Gasteiger charge is -2.35. The zero-order chi connectivity index (χ0) is 27.3. The number of phenols is 1. The van der Waals surface area contributed by atoms with E-state index >= 15 is 0 Å². The standard InChI is InChI=1S/C32H30N6O2/c39-28-10-3-23(4-11-28)18-32(40)35-27-8-5-25(6-9-27)26-7-12-29-30(19-26)36-31(21-34-29)38-16-14-37(15-17-38)22-24-2-1-13-33-20-24/h1-13,19-21,39H,14-18,22H2,(H,35,40). The number of benzene rings is 3. The molecule has 3 aromatic carbocycles. The number of pyridine rings is 1. The molecule has 200 valence electrons. The maximum atomic E-state index is 12.4. The normalized spacial score (nSPS) is 13.8. The van der Waals surface area contributed by atoms with Gasteiger partial charge in [0.15, 0.2) is 0 Å². The van der Waals surface area contributed by atoms with E-state index in [1.165, 1.54) is 5.56 Å². The number of carbonyl (C=O) groups excluding carboxylic acids is 1. The van der Waals surface area contributed by atoms with Crippen LogP contribution in [-0.4, -0.2) is 57.0 Å². The van der Waals surface area contributed by atoms with Crippen LogP contribution in [0, 0.1) is 0 Å². The minimum atomic E-state index is -0.107. The molecule has 0 unspecified atom stereocenters. The maximum Gasteiger partial charge on any atom is 0.228 e. The molecule has 6 rings (SSSR count). The lowest BCUT2D eigenvalue weighted by molar-refractivity contribution is -0.115. The highest BCUT2D eigenvalue weighted by Gasteiger charge is 2.19. The summed E-state index contributed by atoms with van der Waals surface area (Å²) in [5.41, 5.74) is 6.61. The number of nitrogens with zero attached hydrogens (tertiary/aromatic N) is 5. The average Bonchev–Trinajstić information content (AvgIpc) is 2.99. The average molecular weight is 531 g/mol. The topological polar surface area (TPSA) is 94.5 Å². The van der Waals surface area contributed by atoms with Crippen molar-refractivity contribution in [2.24, 2.45) is 0 Å². The zero-order valence-electron chi connectivity index (χ0n) is 22.1. The number of anilines is 2. The summed E-state index contributed by atoms with van der Waals surface area (Å²) in [5, 5.41) is 12.4. The van der Waals surface area contributed by atoms with Crippen molar-refractivity contribution in [2.45, 2.75) is 13.0 Å². The fraction of sp³-hybridized carbons (Fsp3) is 0.188. The largest absolute Gasteiger partial charge is 0.508 e. The second kappa shape index (κ2) is 11.5. The Hall–Kier alpha value is -4.82. The van der Waals surface area contributed by atoms with Crippen LogP contribution in [-0.2, 0) is 17.8 Å². The molecule has 2 N–H and O–H groups in total. The molecule has 1 aliphatic heterocycles. The first-order valence-corrected chi connectivity index (χ1v) is 13.4. The molecular formula is C32H30N6O2. The van der Waals surface area contributed by atoms with E-state index in [-0.39, 0.29) is 18.1 Å². The Labute approximate surface area is 233 Å². The molecule has 1 saturated heterocycles. The first-order chi connectivity index (χ1) is 19.6. The van der Waals surface area contributed by atoms with Gasteiger partial charge in [-0.15, -0.1) is 0 Å². The van der Waals surface area contributed by atoms with Gasteiger partial charge in [0, 0.05) is 50.8 Å². The molecule has 0 atom stereocenters. The zero-order valence-corrected chi connectivity index (χ0v) is 22.1. The van der Waals surface area contributed by atoms with Crippen molar-refractivity contribution >= 4 is 28.4 Å². The minimum absolute atomic E-state index is 0.107. The summed E-state index contributed by atoms with van der Waals surface area (Å²) in [6.07, 6.45) is 5.85. The number of nitrogens with one attached hydrogen (secondary N) is 1. The Bertz CT molecular complexity index is 1600. The molecule has 8 nitrogen and oxygen atoms in total. The molecule has 8 heteroatoms. The number of phenolic OH excluding ortho intramolecular Hbond substituents is 1. The molecule has 5 aromatic rings. The highest BCUT2D eigenvalue weighted by Crippen LogP contribution is 2.26. The summed E-state index contributed by atoms with van der Waals surface area (Å²) < 4.78 is 0. The number of fused-ring (bicyclic) bond motifs is 1. The van der Waals surface area contributed by atoms with Gasteiger partial charge in [-0.05, 0) is 64.7 Å².